The molecule has 2 fully saturated rings. The fourth-order valence-corrected chi connectivity index (χ4v) is 4.34. The fourth-order valence-electron chi connectivity index (χ4n) is 4.34. The second-order valence-corrected chi connectivity index (χ2v) is 7.92. The number of fused-ring (bicyclic) bond motifs is 1. The van der Waals surface area contributed by atoms with E-state index in [1.807, 2.05) is 17.1 Å². The maximum absolute atomic E-state index is 13.4. The van der Waals surface area contributed by atoms with Crippen molar-refractivity contribution < 1.29 is 4.39 Å². The standard InChI is InChI=1S/C19H19FN8/c1-26-11-19(26)7-12(19)4-5-27-9-14(8-21-27)28-10-17(23-25-28)18-15-3-2-13(20)6-16(15)22-24-18/h2-3,6,8-10,12H,4-5,7,11H2,1H3,(H,22,24). The number of aromatic amines is 1. The van der Waals surface area contributed by atoms with Gasteiger partial charge in [-0.15, -0.1) is 5.10 Å². The van der Waals surface area contributed by atoms with Crippen LogP contribution in [0.5, 0.6) is 0 Å². The molecule has 1 aliphatic heterocycles. The third-order valence-corrected chi connectivity index (χ3v) is 6.22. The molecule has 28 heavy (non-hydrogen) atoms. The molecule has 4 aromatic rings. The molecule has 0 amide bonds. The van der Waals surface area contributed by atoms with E-state index in [2.05, 4.69) is 37.6 Å². The molecule has 142 valence electrons. The van der Waals surface area contributed by atoms with Crippen LogP contribution in [0.1, 0.15) is 12.8 Å². The van der Waals surface area contributed by atoms with Crippen molar-refractivity contribution in [1.29, 1.82) is 0 Å². The Balaban J connectivity index is 1.20. The van der Waals surface area contributed by atoms with E-state index in [0.717, 1.165) is 30.0 Å². The summed E-state index contributed by atoms with van der Waals surface area (Å²) in [6.07, 6.45) is 8.08. The first-order chi connectivity index (χ1) is 13.6. The van der Waals surface area contributed by atoms with Gasteiger partial charge in [-0.1, -0.05) is 5.21 Å². The normalized spacial score (nSPS) is 25.6. The van der Waals surface area contributed by atoms with Crippen LogP contribution in [-0.4, -0.2) is 59.0 Å². The topological polar surface area (TPSA) is 80.2 Å². The number of benzene rings is 1. The number of rotatable bonds is 5. The van der Waals surface area contributed by atoms with E-state index in [1.165, 1.54) is 25.1 Å². The summed E-state index contributed by atoms with van der Waals surface area (Å²) in [4.78, 5) is 2.44. The summed E-state index contributed by atoms with van der Waals surface area (Å²) in [7, 11) is 2.20. The van der Waals surface area contributed by atoms with Crippen molar-refractivity contribution in [3.63, 3.8) is 0 Å². The van der Waals surface area contributed by atoms with Gasteiger partial charge in [-0.05, 0) is 44.0 Å². The molecule has 0 radical (unpaired) electrons. The number of hydrogen-bond donors (Lipinski definition) is 1. The van der Waals surface area contributed by atoms with Crippen LogP contribution in [-0.2, 0) is 6.54 Å². The molecule has 9 heteroatoms. The van der Waals surface area contributed by atoms with Crippen LogP contribution in [0.25, 0.3) is 28.0 Å². The molecule has 2 aliphatic rings. The van der Waals surface area contributed by atoms with Crippen molar-refractivity contribution in [1.82, 2.24) is 39.9 Å². The predicted molar refractivity (Wildman–Crippen MR) is 100 cm³/mol. The summed E-state index contributed by atoms with van der Waals surface area (Å²) in [6, 6.07) is 4.53. The van der Waals surface area contributed by atoms with E-state index >= 15 is 0 Å². The molecule has 1 spiro atoms. The molecule has 4 heterocycles. The molecular formula is C19H19FN8. The lowest BCUT2D eigenvalue weighted by atomic mass is 10.2. The molecule has 3 aromatic heterocycles. The van der Waals surface area contributed by atoms with Gasteiger partial charge < -0.3 is 0 Å². The highest BCUT2D eigenvalue weighted by Crippen LogP contribution is 2.59. The predicted octanol–water partition coefficient (Wildman–Crippen LogP) is 2.24. The van der Waals surface area contributed by atoms with E-state index in [0.29, 0.717) is 22.4 Å². The summed E-state index contributed by atoms with van der Waals surface area (Å²) in [6.45, 7) is 2.16. The Morgan fingerprint density at radius 1 is 1.32 bits per heavy atom. The van der Waals surface area contributed by atoms with Gasteiger partial charge in [-0.2, -0.15) is 10.2 Å². The lowest BCUT2D eigenvalue weighted by Crippen LogP contribution is -2.03. The van der Waals surface area contributed by atoms with Crippen molar-refractivity contribution in [2.24, 2.45) is 5.92 Å². The molecule has 1 aromatic carbocycles. The van der Waals surface area contributed by atoms with E-state index in [-0.39, 0.29) is 5.82 Å². The minimum Gasteiger partial charge on any atom is -0.297 e. The van der Waals surface area contributed by atoms with Crippen LogP contribution in [0.2, 0.25) is 0 Å². The van der Waals surface area contributed by atoms with Gasteiger partial charge in [0.2, 0.25) is 0 Å². The molecule has 3 unspecified atom stereocenters. The highest BCUT2D eigenvalue weighted by Gasteiger charge is 2.66. The molecule has 8 nitrogen and oxygen atoms in total. The highest BCUT2D eigenvalue weighted by atomic mass is 19.1. The second-order valence-electron chi connectivity index (χ2n) is 7.92. The molecule has 0 bridgehead atoms. The van der Waals surface area contributed by atoms with Gasteiger partial charge in [-0.3, -0.25) is 14.7 Å². The lowest BCUT2D eigenvalue weighted by Gasteiger charge is -2.00. The lowest BCUT2D eigenvalue weighted by molar-refractivity contribution is 0.504. The highest BCUT2D eigenvalue weighted by molar-refractivity contribution is 5.91. The van der Waals surface area contributed by atoms with Gasteiger partial charge in [0.05, 0.1) is 24.1 Å². The van der Waals surface area contributed by atoms with Crippen LogP contribution in [0.3, 0.4) is 0 Å². The van der Waals surface area contributed by atoms with E-state index in [4.69, 9.17) is 0 Å². The fraction of sp³-hybridized carbons (Fsp3) is 0.368. The van der Waals surface area contributed by atoms with Crippen LogP contribution in [0, 0.1) is 11.7 Å². The van der Waals surface area contributed by atoms with E-state index in [9.17, 15) is 4.39 Å². The van der Waals surface area contributed by atoms with Gasteiger partial charge in [0, 0.05) is 24.0 Å². The van der Waals surface area contributed by atoms with Crippen LogP contribution in [0.4, 0.5) is 4.39 Å². The maximum atomic E-state index is 13.4. The Bertz CT molecular complexity index is 1190. The monoisotopic (exact) mass is 378 g/mol. The number of hydrogen-bond acceptors (Lipinski definition) is 5. The molecular weight excluding hydrogens is 359 g/mol. The average Bonchev–Trinajstić information content (AvgIpc) is 3.23. The number of halogens is 1. The number of H-pyrrole nitrogens is 1. The Morgan fingerprint density at radius 2 is 2.21 bits per heavy atom. The van der Waals surface area contributed by atoms with Crippen molar-refractivity contribution in [2.75, 3.05) is 13.6 Å². The minimum absolute atomic E-state index is 0.302. The maximum Gasteiger partial charge on any atom is 0.134 e. The Labute approximate surface area is 159 Å². The zero-order valence-electron chi connectivity index (χ0n) is 15.4. The van der Waals surface area contributed by atoms with Crippen LogP contribution in [0.15, 0.2) is 36.8 Å². The van der Waals surface area contributed by atoms with Crippen LogP contribution >= 0.6 is 0 Å². The zero-order chi connectivity index (χ0) is 18.9. The van der Waals surface area contributed by atoms with Gasteiger partial charge in [-0.25, -0.2) is 9.07 Å². The molecule has 3 atom stereocenters. The Morgan fingerprint density at radius 3 is 3.04 bits per heavy atom. The van der Waals surface area contributed by atoms with Gasteiger partial charge in [0.25, 0.3) is 0 Å². The van der Waals surface area contributed by atoms with Crippen molar-refractivity contribution >= 4 is 10.9 Å². The molecule has 1 N–H and O–H groups in total. The summed E-state index contributed by atoms with van der Waals surface area (Å²) >= 11 is 0. The van der Waals surface area contributed by atoms with Gasteiger partial charge >= 0.3 is 0 Å². The molecule has 1 saturated heterocycles. The third-order valence-electron chi connectivity index (χ3n) is 6.22. The van der Waals surface area contributed by atoms with Gasteiger partial charge in [0.1, 0.15) is 22.9 Å². The van der Waals surface area contributed by atoms with E-state index in [1.54, 1.807) is 16.9 Å². The largest absolute Gasteiger partial charge is 0.297 e. The van der Waals surface area contributed by atoms with Gasteiger partial charge in [0.15, 0.2) is 0 Å². The zero-order valence-corrected chi connectivity index (χ0v) is 15.4. The van der Waals surface area contributed by atoms with E-state index < -0.39 is 0 Å². The van der Waals surface area contributed by atoms with Crippen molar-refractivity contribution in [3.05, 3.63) is 42.6 Å². The number of likely N-dealkylation sites (N-methyl/N-ethyl adjacent to an activating group) is 1. The second kappa shape index (κ2) is 5.48. The first-order valence-electron chi connectivity index (χ1n) is 9.43. The molecule has 6 rings (SSSR count). The quantitative estimate of drug-likeness (QED) is 0.539. The summed E-state index contributed by atoms with van der Waals surface area (Å²) in [5, 5.41) is 20.8. The van der Waals surface area contributed by atoms with Crippen molar-refractivity contribution in [3.8, 4) is 17.1 Å². The summed E-state index contributed by atoms with van der Waals surface area (Å²) in [5.41, 5.74) is 3.31. The average molecular weight is 378 g/mol. The molecule has 1 saturated carbocycles. The molecule has 1 aliphatic carbocycles. The third kappa shape index (κ3) is 2.39. The SMILES string of the molecule is CN1CC12CC2CCn1cc(-n2cc(-c3n[nH]c4cc(F)ccc34)nn2)cn1. The first-order valence-corrected chi connectivity index (χ1v) is 9.43. The smallest absolute Gasteiger partial charge is 0.134 e. The number of aryl methyl sites for hydroxylation is 1. The summed E-state index contributed by atoms with van der Waals surface area (Å²) < 4.78 is 17.0. The first kappa shape index (κ1) is 15.9. The summed E-state index contributed by atoms with van der Waals surface area (Å²) in [5.74, 6) is 0.505. The number of aromatic nitrogens is 7. The Hall–Kier alpha value is -3.07. The minimum atomic E-state index is -0.302. The Kier molecular flexibility index (Phi) is 3.12. The van der Waals surface area contributed by atoms with Crippen LogP contribution < -0.4 is 0 Å². The van der Waals surface area contributed by atoms with Crippen molar-refractivity contribution in [2.45, 2.75) is 24.9 Å². The number of nitrogens with one attached hydrogen (secondary N) is 1. The number of nitrogens with zero attached hydrogens (tertiary/aromatic N) is 7.